The zero-order valence-corrected chi connectivity index (χ0v) is 18.8. The molecule has 1 saturated heterocycles. The van der Waals surface area contributed by atoms with Crippen LogP contribution in [0.15, 0.2) is 72.3 Å². The second-order valence-electron chi connectivity index (χ2n) is 8.69. The molecule has 0 spiro atoms. The first-order chi connectivity index (χ1) is 17.1. The first-order valence-corrected chi connectivity index (χ1v) is 11.1. The van der Waals surface area contributed by atoms with Crippen molar-refractivity contribution in [2.45, 2.75) is 31.7 Å². The number of hydrogen-bond donors (Lipinski definition) is 1. The average molecular weight is 497 g/mol. The number of Topliss-reactive ketones (excluding diaryl/α,β-unsaturated/α-hetero) is 1. The summed E-state index contributed by atoms with van der Waals surface area (Å²) >= 11 is 0. The number of fused-ring (bicyclic) bond motifs is 1. The number of amides is 1. The normalized spacial score (nSPS) is 21.0. The Hall–Kier alpha value is -4.14. The first-order valence-electron chi connectivity index (χ1n) is 11.1. The Morgan fingerprint density at radius 3 is 2.50 bits per heavy atom. The third kappa shape index (κ3) is 3.90. The molecule has 36 heavy (non-hydrogen) atoms. The van der Waals surface area contributed by atoms with Gasteiger partial charge in [-0.3, -0.25) is 14.5 Å². The minimum Gasteiger partial charge on any atom is -0.507 e. The molecule has 3 aromatic rings. The van der Waals surface area contributed by atoms with Gasteiger partial charge in [0, 0.05) is 23.2 Å². The van der Waals surface area contributed by atoms with Crippen LogP contribution in [0.1, 0.15) is 35.2 Å². The van der Waals surface area contributed by atoms with Crippen molar-refractivity contribution in [1.82, 2.24) is 0 Å². The number of hydrogen-bond acceptors (Lipinski definition) is 4. The highest BCUT2D eigenvalue weighted by Gasteiger charge is 2.48. The van der Waals surface area contributed by atoms with Gasteiger partial charge in [-0.15, -0.1) is 0 Å². The molecule has 0 radical (unpaired) electrons. The van der Waals surface area contributed by atoms with Gasteiger partial charge in [-0.1, -0.05) is 24.3 Å². The van der Waals surface area contributed by atoms with E-state index in [1.165, 1.54) is 30.3 Å². The lowest BCUT2D eigenvalue weighted by Crippen LogP contribution is -2.30. The summed E-state index contributed by atoms with van der Waals surface area (Å²) in [4.78, 5) is 27.1. The number of aliphatic hydroxyl groups excluding tert-OH is 1. The molecule has 184 valence electrons. The van der Waals surface area contributed by atoms with E-state index in [4.69, 9.17) is 4.74 Å². The highest BCUT2D eigenvalue weighted by Crippen LogP contribution is 2.44. The van der Waals surface area contributed by atoms with E-state index in [9.17, 15) is 32.3 Å². The molecule has 2 atom stereocenters. The molecular weight excluding hydrogens is 478 g/mol. The maximum Gasteiger partial charge on any atom is 0.416 e. The molecule has 1 fully saturated rings. The van der Waals surface area contributed by atoms with Gasteiger partial charge in [-0.2, -0.15) is 13.2 Å². The number of halogens is 4. The summed E-state index contributed by atoms with van der Waals surface area (Å²) in [5.74, 6) is -3.04. The Morgan fingerprint density at radius 1 is 1.03 bits per heavy atom. The number of ether oxygens (including phenoxy) is 1. The van der Waals surface area contributed by atoms with Crippen LogP contribution in [-0.2, 0) is 22.2 Å². The van der Waals surface area contributed by atoms with Gasteiger partial charge in [0.15, 0.2) is 0 Å². The molecule has 0 bridgehead atoms. The minimum absolute atomic E-state index is 0.0812. The van der Waals surface area contributed by atoms with Gasteiger partial charge in [-0.25, -0.2) is 4.39 Å². The third-order valence-corrected chi connectivity index (χ3v) is 6.27. The Labute approximate surface area is 203 Å². The largest absolute Gasteiger partial charge is 0.507 e. The summed E-state index contributed by atoms with van der Waals surface area (Å²) in [6, 6.07) is 12.4. The van der Waals surface area contributed by atoms with Gasteiger partial charge in [0.05, 0.1) is 17.2 Å². The summed E-state index contributed by atoms with van der Waals surface area (Å²) in [6.45, 7) is 1.87. The molecule has 1 N–H and O–H groups in total. The van der Waals surface area contributed by atoms with Gasteiger partial charge in [0.1, 0.15) is 23.4 Å². The smallest absolute Gasteiger partial charge is 0.416 e. The SMILES string of the molecule is CC1Cc2cc(/C(O)=C3\C(=O)C(=O)N(c4cccc(C(F)(F)F)c4)C3c3ccccc3F)ccc2O1. The number of aliphatic hydroxyl groups is 1. The van der Waals surface area contributed by atoms with E-state index in [2.05, 4.69) is 0 Å². The lowest BCUT2D eigenvalue weighted by Gasteiger charge is -2.26. The standard InChI is InChI=1S/C27H19F4NO4/c1-14-11-16-12-15(9-10-21(16)36-14)24(33)22-23(19-7-2-3-8-20(19)28)32(26(35)25(22)34)18-6-4-5-17(13-18)27(29,30)31/h2-10,12-14,23,33H,11H2,1H3/b24-22+. The van der Waals surface area contributed by atoms with Crippen molar-refractivity contribution in [2.24, 2.45) is 0 Å². The van der Waals surface area contributed by atoms with Crippen LogP contribution >= 0.6 is 0 Å². The zero-order valence-electron chi connectivity index (χ0n) is 18.8. The van der Waals surface area contributed by atoms with Crippen molar-refractivity contribution in [3.63, 3.8) is 0 Å². The average Bonchev–Trinajstić information content (AvgIpc) is 3.34. The van der Waals surface area contributed by atoms with Crippen LogP contribution < -0.4 is 9.64 Å². The number of carbonyl (C=O) groups excluding carboxylic acids is 2. The quantitative estimate of drug-likeness (QED) is 0.215. The molecule has 1 amide bonds. The van der Waals surface area contributed by atoms with Crippen LogP contribution in [0.3, 0.4) is 0 Å². The number of carbonyl (C=O) groups is 2. The molecule has 5 nitrogen and oxygen atoms in total. The number of benzene rings is 3. The second kappa shape index (κ2) is 8.51. The van der Waals surface area contributed by atoms with Gasteiger partial charge >= 0.3 is 6.18 Å². The number of anilines is 1. The van der Waals surface area contributed by atoms with Crippen LogP contribution in [0.25, 0.3) is 5.76 Å². The van der Waals surface area contributed by atoms with Crippen molar-refractivity contribution in [1.29, 1.82) is 0 Å². The van der Waals surface area contributed by atoms with Gasteiger partial charge in [-0.05, 0) is 55.0 Å². The molecule has 2 unspecified atom stereocenters. The Kier molecular flexibility index (Phi) is 5.58. The summed E-state index contributed by atoms with van der Waals surface area (Å²) in [5.41, 5.74) is -0.878. The maximum atomic E-state index is 15.0. The molecule has 0 aliphatic carbocycles. The van der Waals surface area contributed by atoms with Crippen molar-refractivity contribution in [3.8, 4) is 5.75 Å². The van der Waals surface area contributed by atoms with E-state index in [-0.39, 0.29) is 22.9 Å². The Balaban J connectivity index is 1.71. The van der Waals surface area contributed by atoms with Gasteiger partial charge in [0.2, 0.25) is 0 Å². The summed E-state index contributed by atoms with van der Waals surface area (Å²) in [7, 11) is 0. The van der Waals surface area contributed by atoms with E-state index in [1.807, 2.05) is 6.92 Å². The van der Waals surface area contributed by atoms with Crippen LogP contribution in [0, 0.1) is 5.82 Å². The number of rotatable bonds is 3. The number of alkyl halides is 3. The summed E-state index contributed by atoms with van der Waals surface area (Å²) < 4.78 is 60.8. The maximum absolute atomic E-state index is 15.0. The Morgan fingerprint density at radius 2 is 1.78 bits per heavy atom. The van der Waals surface area contributed by atoms with Crippen molar-refractivity contribution in [2.75, 3.05) is 4.90 Å². The van der Waals surface area contributed by atoms with Gasteiger partial charge < -0.3 is 9.84 Å². The molecule has 0 saturated carbocycles. The highest BCUT2D eigenvalue weighted by molar-refractivity contribution is 6.51. The Bertz CT molecular complexity index is 1430. The summed E-state index contributed by atoms with van der Waals surface area (Å²) in [5, 5.41) is 11.2. The van der Waals surface area contributed by atoms with Crippen molar-refractivity contribution < 1.29 is 37.0 Å². The predicted molar refractivity (Wildman–Crippen MR) is 123 cm³/mol. The number of ketones is 1. The number of nitrogens with zero attached hydrogens (tertiary/aromatic N) is 1. The van der Waals surface area contributed by atoms with E-state index in [1.54, 1.807) is 12.1 Å². The lowest BCUT2D eigenvalue weighted by atomic mass is 9.94. The van der Waals surface area contributed by atoms with E-state index in [0.29, 0.717) is 18.2 Å². The topological polar surface area (TPSA) is 66.8 Å². The van der Waals surface area contributed by atoms with E-state index in [0.717, 1.165) is 28.7 Å². The molecule has 2 aliphatic heterocycles. The van der Waals surface area contributed by atoms with Crippen LogP contribution in [-0.4, -0.2) is 22.9 Å². The molecule has 5 rings (SSSR count). The minimum atomic E-state index is -4.71. The fourth-order valence-electron chi connectivity index (χ4n) is 4.65. The monoisotopic (exact) mass is 497 g/mol. The van der Waals surface area contributed by atoms with Crippen LogP contribution in [0.5, 0.6) is 5.75 Å². The second-order valence-corrected chi connectivity index (χ2v) is 8.69. The highest BCUT2D eigenvalue weighted by atomic mass is 19.4. The van der Waals surface area contributed by atoms with Gasteiger partial charge in [0.25, 0.3) is 11.7 Å². The van der Waals surface area contributed by atoms with Crippen LogP contribution in [0.4, 0.5) is 23.2 Å². The van der Waals surface area contributed by atoms with E-state index < -0.39 is 46.6 Å². The molecular formula is C27H19F4NO4. The molecule has 2 aliphatic rings. The summed E-state index contributed by atoms with van der Waals surface area (Å²) in [6.07, 6.45) is -4.23. The van der Waals surface area contributed by atoms with Crippen molar-refractivity contribution in [3.05, 3.63) is 100 Å². The predicted octanol–water partition coefficient (Wildman–Crippen LogP) is 5.79. The fourth-order valence-corrected chi connectivity index (χ4v) is 4.65. The third-order valence-electron chi connectivity index (χ3n) is 6.27. The lowest BCUT2D eigenvalue weighted by molar-refractivity contribution is -0.137. The fraction of sp³-hybridized carbons (Fsp3) is 0.185. The molecule has 3 aromatic carbocycles. The van der Waals surface area contributed by atoms with Crippen LogP contribution in [0.2, 0.25) is 0 Å². The molecule has 2 heterocycles. The molecule has 0 aromatic heterocycles. The molecule has 9 heteroatoms. The first kappa shape index (κ1) is 23.6. The van der Waals surface area contributed by atoms with E-state index >= 15 is 0 Å². The zero-order chi connectivity index (χ0) is 25.8. The van der Waals surface area contributed by atoms with Crippen molar-refractivity contribution >= 4 is 23.1 Å².